The molecule has 1 atom stereocenters. The molecule has 2 aromatic rings. The van der Waals surface area contributed by atoms with Crippen LogP contribution in [0, 0.1) is 0 Å². The number of primary sulfonamides is 1. The number of nitrogens with two attached hydrogens (primary N) is 1. The highest BCUT2D eigenvalue weighted by Gasteiger charge is 2.28. The zero-order chi connectivity index (χ0) is 17.5. The van der Waals surface area contributed by atoms with E-state index in [1.54, 1.807) is 37.4 Å². The maximum atomic E-state index is 13.6. The predicted molar refractivity (Wildman–Crippen MR) is 92.5 cm³/mol. The zero-order valence-electron chi connectivity index (χ0n) is 12.4. The smallest absolute Gasteiger partial charge is 0.239 e. The summed E-state index contributed by atoms with van der Waals surface area (Å²) in [5.41, 5.74) is 0.278. The standard InChI is InChI=1S/C14H13ClN4O3S2/c1-17-14-18-11-7-10(15)12(24(16,21)22)8-13(11)23(20,19-14)9-5-3-2-4-6-9/h2-8H,1H3,(H2,16,21,22)(H,17,18,19,20). The summed E-state index contributed by atoms with van der Waals surface area (Å²) in [6, 6.07) is 11.0. The fourth-order valence-corrected chi connectivity index (χ4v) is 5.44. The third-order valence-corrected chi connectivity index (χ3v) is 6.99. The lowest BCUT2D eigenvalue weighted by Crippen LogP contribution is -2.22. The van der Waals surface area contributed by atoms with Crippen LogP contribution in [0.1, 0.15) is 0 Å². The summed E-state index contributed by atoms with van der Waals surface area (Å²) < 4.78 is 41.3. The summed E-state index contributed by atoms with van der Waals surface area (Å²) in [7, 11) is -5.62. The highest BCUT2D eigenvalue weighted by molar-refractivity contribution is 7.94. The average Bonchev–Trinajstić information content (AvgIpc) is 2.53. The highest BCUT2D eigenvalue weighted by Crippen LogP contribution is 2.39. The Morgan fingerprint density at radius 1 is 1.21 bits per heavy atom. The van der Waals surface area contributed by atoms with Gasteiger partial charge in [0.05, 0.1) is 20.5 Å². The van der Waals surface area contributed by atoms with Gasteiger partial charge in [-0.15, -0.1) is 0 Å². The van der Waals surface area contributed by atoms with Gasteiger partial charge in [-0.2, -0.15) is 4.36 Å². The molecule has 3 rings (SSSR count). The van der Waals surface area contributed by atoms with Crippen LogP contribution in [0.5, 0.6) is 0 Å². The Kier molecular flexibility index (Phi) is 4.12. The van der Waals surface area contributed by atoms with Crippen molar-refractivity contribution in [2.24, 2.45) is 14.5 Å². The van der Waals surface area contributed by atoms with E-state index in [1.807, 2.05) is 0 Å². The van der Waals surface area contributed by atoms with Crippen LogP contribution in [0.2, 0.25) is 5.02 Å². The number of rotatable bonds is 2. The number of sulfonamides is 1. The number of hydrogen-bond acceptors (Lipinski definition) is 6. The molecule has 0 saturated heterocycles. The molecule has 24 heavy (non-hydrogen) atoms. The fraction of sp³-hybridized carbons (Fsp3) is 0.0714. The third-order valence-electron chi connectivity index (χ3n) is 3.35. The van der Waals surface area contributed by atoms with Gasteiger partial charge in [0.15, 0.2) is 0 Å². The van der Waals surface area contributed by atoms with Gasteiger partial charge >= 0.3 is 0 Å². The number of benzene rings is 2. The van der Waals surface area contributed by atoms with Gasteiger partial charge in [-0.1, -0.05) is 29.8 Å². The van der Waals surface area contributed by atoms with E-state index in [0.717, 1.165) is 0 Å². The molecule has 1 aliphatic heterocycles. The van der Waals surface area contributed by atoms with Crippen molar-refractivity contribution in [1.82, 2.24) is 5.32 Å². The molecule has 126 valence electrons. The topological polar surface area (TPSA) is 114 Å². The lowest BCUT2D eigenvalue weighted by Gasteiger charge is -2.19. The SMILES string of the molecule is CNC1=Nc2cc(Cl)c(S(N)(=O)=O)cc2S(=O)(c2ccccc2)=N1. The first kappa shape index (κ1) is 16.9. The minimum atomic E-state index is -4.08. The monoisotopic (exact) mass is 384 g/mol. The molecule has 10 heteroatoms. The lowest BCUT2D eigenvalue weighted by molar-refractivity contribution is 0.597. The van der Waals surface area contributed by atoms with E-state index in [9.17, 15) is 12.6 Å². The van der Waals surface area contributed by atoms with Crippen molar-refractivity contribution in [2.75, 3.05) is 7.05 Å². The van der Waals surface area contributed by atoms with Gasteiger partial charge < -0.3 is 5.32 Å². The second-order valence-corrected chi connectivity index (χ2v) is 8.99. The van der Waals surface area contributed by atoms with E-state index in [4.69, 9.17) is 16.7 Å². The predicted octanol–water partition coefficient (Wildman–Crippen LogP) is 2.09. The van der Waals surface area contributed by atoms with Gasteiger partial charge in [0.1, 0.15) is 14.6 Å². The Hall–Kier alpha value is -1.94. The second-order valence-electron chi connectivity index (χ2n) is 4.91. The largest absolute Gasteiger partial charge is 0.357 e. The van der Waals surface area contributed by atoms with Crippen LogP contribution in [0.25, 0.3) is 0 Å². The number of hydrogen-bond donors (Lipinski definition) is 2. The minimum absolute atomic E-state index is 0.0906. The van der Waals surface area contributed by atoms with Crippen LogP contribution in [-0.2, 0) is 19.8 Å². The van der Waals surface area contributed by atoms with E-state index in [1.165, 1.54) is 12.1 Å². The molecule has 0 spiro atoms. The first-order valence-corrected chi connectivity index (χ1v) is 10.1. The number of aliphatic imine (C=N–C) groups is 1. The van der Waals surface area contributed by atoms with Crippen LogP contribution in [0.4, 0.5) is 5.69 Å². The van der Waals surface area contributed by atoms with Crippen molar-refractivity contribution in [1.29, 1.82) is 0 Å². The van der Waals surface area contributed by atoms with Crippen molar-refractivity contribution < 1.29 is 12.6 Å². The number of nitrogens with one attached hydrogen (secondary N) is 1. The normalized spacial score (nSPS) is 19.9. The number of nitrogens with zero attached hydrogens (tertiary/aromatic N) is 2. The molecule has 0 bridgehead atoms. The summed E-state index contributed by atoms with van der Waals surface area (Å²) in [4.78, 5) is 4.47. The highest BCUT2D eigenvalue weighted by atomic mass is 35.5. The van der Waals surface area contributed by atoms with Crippen molar-refractivity contribution in [3.63, 3.8) is 0 Å². The zero-order valence-corrected chi connectivity index (χ0v) is 14.8. The maximum absolute atomic E-state index is 13.6. The molecule has 0 aromatic heterocycles. The Bertz CT molecular complexity index is 1070. The van der Waals surface area contributed by atoms with Crippen LogP contribution in [-0.4, -0.2) is 25.6 Å². The van der Waals surface area contributed by atoms with Crippen LogP contribution >= 0.6 is 11.6 Å². The molecule has 2 aromatic carbocycles. The minimum Gasteiger partial charge on any atom is -0.357 e. The van der Waals surface area contributed by atoms with Crippen molar-refractivity contribution in [2.45, 2.75) is 14.7 Å². The molecule has 7 nitrogen and oxygen atoms in total. The van der Waals surface area contributed by atoms with E-state index in [2.05, 4.69) is 14.7 Å². The van der Waals surface area contributed by atoms with Crippen molar-refractivity contribution >= 4 is 43.0 Å². The molecular formula is C14H13ClN4O3S2. The third kappa shape index (κ3) is 2.80. The Labute approximate surface area is 144 Å². The fourth-order valence-electron chi connectivity index (χ4n) is 2.24. The summed E-state index contributed by atoms with van der Waals surface area (Å²) >= 11 is 6.00. The summed E-state index contributed by atoms with van der Waals surface area (Å²) in [6.45, 7) is 0. The number of guanidine groups is 1. The average molecular weight is 385 g/mol. The molecule has 0 fully saturated rings. The molecule has 0 aliphatic carbocycles. The van der Waals surface area contributed by atoms with Crippen LogP contribution in [0.3, 0.4) is 0 Å². The van der Waals surface area contributed by atoms with E-state index in [-0.39, 0.29) is 26.5 Å². The Balaban J connectivity index is 2.41. The van der Waals surface area contributed by atoms with Crippen LogP contribution in [0.15, 0.2) is 66.5 Å². The van der Waals surface area contributed by atoms with Crippen molar-refractivity contribution in [3.8, 4) is 0 Å². The van der Waals surface area contributed by atoms with E-state index >= 15 is 0 Å². The van der Waals surface area contributed by atoms with Gasteiger partial charge in [-0.25, -0.2) is 22.8 Å². The first-order valence-electron chi connectivity index (χ1n) is 6.71. The Morgan fingerprint density at radius 2 is 1.88 bits per heavy atom. The summed E-state index contributed by atoms with van der Waals surface area (Å²) in [5.74, 6) is 0.163. The molecule has 0 radical (unpaired) electrons. The molecular weight excluding hydrogens is 372 g/mol. The van der Waals surface area contributed by atoms with Gasteiger partial charge in [0, 0.05) is 7.05 Å². The quantitative estimate of drug-likeness (QED) is 0.824. The van der Waals surface area contributed by atoms with Gasteiger partial charge in [-0.3, -0.25) is 0 Å². The van der Waals surface area contributed by atoms with E-state index in [0.29, 0.717) is 4.90 Å². The Morgan fingerprint density at radius 3 is 2.46 bits per heavy atom. The molecule has 3 N–H and O–H groups in total. The number of fused-ring (bicyclic) bond motifs is 1. The lowest BCUT2D eigenvalue weighted by atomic mass is 10.3. The first-order chi connectivity index (χ1) is 11.3. The summed E-state index contributed by atoms with van der Waals surface area (Å²) in [5, 5.41) is 7.85. The molecule has 1 unspecified atom stereocenters. The van der Waals surface area contributed by atoms with Crippen molar-refractivity contribution in [3.05, 3.63) is 47.5 Å². The number of halogens is 1. The molecule has 1 heterocycles. The molecule has 1 aliphatic rings. The molecule has 0 saturated carbocycles. The molecule has 0 amide bonds. The second kappa shape index (κ2) is 5.85. The van der Waals surface area contributed by atoms with Gasteiger partial charge in [0.2, 0.25) is 16.0 Å². The maximum Gasteiger partial charge on any atom is 0.239 e. The van der Waals surface area contributed by atoms with Gasteiger partial charge in [0.25, 0.3) is 0 Å². The van der Waals surface area contributed by atoms with Crippen LogP contribution < -0.4 is 10.5 Å². The van der Waals surface area contributed by atoms with E-state index < -0.39 is 19.8 Å². The summed E-state index contributed by atoms with van der Waals surface area (Å²) in [6.07, 6.45) is 0. The van der Waals surface area contributed by atoms with Gasteiger partial charge in [-0.05, 0) is 24.3 Å².